The lowest BCUT2D eigenvalue weighted by atomic mass is 9.85. The van der Waals surface area contributed by atoms with Crippen LogP contribution >= 0.6 is 0 Å². The standard InChI is InChI=1S/C38H24O/c1-2-12-25(13-3-1)26-14-10-15-27(24-26)36-29-17-4-6-19-31(29)37(32-20-7-5-18-30(32)36)34-22-11-21-33-28-16-8-9-23-35(28)39-38(33)34/h1-24H/i4D,5D,6D,7D,10D,14D,15D,17D,19D,24D. The molecule has 0 saturated heterocycles. The van der Waals surface area contributed by atoms with Gasteiger partial charge in [0.15, 0.2) is 0 Å². The molecule has 0 aliphatic heterocycles. The SMILES string of the molecule is [2H]c1cc2c(-c3c([2H])c([2H])c([2H])c(-c4ccccc4)c3[2H])c3c([2H])c([2H])c([2H])c([2H])c3c(-c3cccc4c3oc3ccccc34)c2cc1[2H]. The first-order valence-electron chi connectivity index (χ1n) is 17.5. The van der Waals surface area contributed by atoms with E-state index >= 15 is 0 Å². The van der Waals surface area contributed by atoms with Gasteiger partial charge in [0.1, 0.15) is 11.2 Å². The van der Waals surface area contributed by atoms with Crippen LogP contribution in [0.4, 0.5) is 0 Å². The Morgan fingerprint density at radius 1 is 0.436 bits per heavy atom. The molecule has 0 fully saturated rings. The van der Waals surface area contributed by atoms with E-state index in [-0.39, 0.29) is 63.1 Å². The Morgan fingerprint density at radius 2 is 1.13 bits per heavy atom. The van der Waals surface area contributed by atoms with Crippen LogP contribution in [-0.2, 0) is 0 Å². The maximum Gasteiger partial charge on any atom is 0.143 e. The van der Waals surface area contributed by atoms with Crippen LogP contribution in [0.5, 0.6) is 0 Å². The summed E-state index contributed by atoms with van der Waals surface area (Å²) in [6.45, 7) is 0. The van der Waals surface area contributed by atoms with Crippen molar-refractivity contribution in [1.82, 2.24) is 0 Å². The van der Waals surface area contributed by atoms with Crippen molar-refractivity contribution in [2.24, 2.45) is 0 Å². The Kier molecular flexibility index (Phi) is 3.16. The second-order valence-electron chi connectivity index (χ2n) is 9.30. The van der Waals surface area contributed by atoms with Crippen LogP contribution in [-0.4, -0.2) is 0 Å². The molecular weight excluding hydrogens is 472 g/mol. The Labute approximate surface area is 240 Å². The topological polar surface area (TPSA) is 13.1 Å². The molecule has 0 spiro atoms. The minimum Gasteiger partial charge on any atom is -0.455 e. The third-order valence-corrected chi connectivity index (χ3v) is 7.14. The summed E-state index contributed by atoms with van der Waals surface area (Å²) in [5.74, 6) is 0. The lowest BCUT2D eigenvalue weighted by molar-refractivity contribution is 0.670. The zero-order chi connectivity index (χ0) is 34.5. The highest BCUT2D eigenvalue weighted by molar-refractivity contribution is 6.24. The second kappa shape index (κ2) is 8.72. The molecule has 0 aliphatic carbocycles. The number of hydrogen-bond acceptors (Lipinski definition) is 1. The van der Waals surface area contributed by atoms with E-state index in [0.717, 1.165) is 10.8 Å². The van der Waals surface area contributed by atoms with Gasteiger partial charge in [-0.05, 0) is 55.9 Å². The van der Waals surface area contributed by atoms with Gasteiger partial charge in [0.05, 0.1) is 13.7 Å². The van der Waals surface area contributed by atoms with E-state index in [4.69, 9.17) is 14.0 Å². The van der Waals surface area contributed by atoms with Crippen LogP contribution in [0.1, 0.15) is 13.7 Å². The molecule has 0 atom stereocenters. The van der Waals surface area contributed by atoms with E-state index in [2.05, 4.69) is 0 Å². The lowest BCUT2D eigenvalue weighted by Gasteiger charge is -2.18. The van der Waals surface area contributed by atoms with Crippen LogP contribution in [0.25, 0.3) is 76.9 Å². The van der Waals surface area contributed by atoms with Gasteiger partial charge in [-0.25, -0.2) is 0 Å². The predicted octanol–water partition coefficient (Wildman–Crippen LogP) is 10.9. The summed E-state index contributed by atoms with van der Waals surface area (Å²) in [6.07, 6.45) is 0. The third kappa shape index (κ3) is 3.41. The summed E-state index contributed by atoms with van der Waals surface area (Å²) in [4.78, 5) is 0. The Hall–Kier alpha value is -5.14. The molecule has 7 aromatic carbocycles. The lowest BCUT2D eigenvalue weighted by Crippen LogP contribution is -1.91. The van der Waals surface area contributed by atoms with E-state index in [1.54, 1.807) is 36.4 Å². The van der Waals surface area contributed by atoms with Crippen molar-refractivity contribution in [2.75, 3.05) is 0 Å². The Morgan fingerprint density at radius 3 is 1.97 bits per heavy atom. The summed E-state index contributed by atoms with van der Waals surface area (Å²) in [6, 6.07) is 20.9. The summed E-state index contributed by atoms with van der Waals surface area (Å²) in [7, 11) is 0. The number of benzene rings is 7. The van der Waals surface area contributed by atoms with E-state index in [1.165, 1.54) is 12.1 Å². The van der Waals surface area contributed by atoms with Crippen LogP contribution in [0.2, 0.25) is 0 Å². The maximum absolute atomic E-state index is 9.44. The maximum atomic E-state index is 9.44. The summed E-state index contributed by atoms with van der Waals surface area (Å²) in [5.41, 5.74) is 2.47. The van der Waals surface area contributed by atoms with Gasteiger partial charge < -0.3 is 4.42 Å². The average molecular weight is 507 g/mol. The van der Waals surface area contributed by atoms with Crippen LogP contribution in [0, 0.1) is 0 Å². The molecule has 8 aromatic rings. The first-order chi connectivity index (χ1) is 23.5. The first-order valence-corrected chi connectivity index (χ1v) is 12.5. The molecular formula is C38H24O. The highest BCUT2D eigenvalue weighted by Gasteiger charge is 2.20. The summed E-state index contributed by atoms with van der Waals surface area (Å²) in [5, 5.41) is 2.33. The molecule has 0 N–H and O–H groups in total. The highest BCUT2D eigenvalue weighted by atomic mass is 16.3. The van der Waals surface area contributed by atoms with Gasteiger partial charge in [-0.1, -0.05) is 133 Å². The van der Waals surface area contributed by atoms with Crippen LogP contribution in [0.15, 0.2) is 150 Å². The van der Waals surface area contributed by atoms with Crippen LogP contribution < -0.4 is 0 Å². The molecule has 0 saturated carbocycles. The van der Waals surface area contributed by atoms with Gasteiger partial charge >= 0.3 is 0 Å². The fraction of sp³-hybridized carbons (Fsp3) is 0. The quantitative estimate of drug-likeness (QED) is 0.217. The number of rotatable bonds is 3. The molecule has 8 rings (SSSR count). The molecule has 0 amide bonds. The molecule has 0 unspecified atom stereocenters. The van der Waals surface area contributed by atoms with Crippen molar-refractivity contribution >= 4 is 43.5 Å². The first kappa shape index (κ1) is 14.1. The van der Waals surface area contributed by atoms with Crippen molar-refractivity contribution in [3.63, 3.8) is 0 Å². The van der Waals surface area contributed by atoms with Crippen molar-refractivity contribution in [3.05, 3.63) is 145 Å². The predicted molar refractivity (Wildman–Crippen MR) is 165 cm³/mol. The second-order valence-corrected chi connectivity index (χ2v) is 9.30. The Balaban J connectivity index is 1.66. The molecule has 0 bridgehead atoms. The molecule has 1 nitrogen and oxygen atoms in total. The van der Waals surface area contributed by atoms with Crippen molar-refractivity contribution < 1.29 is 18.1 Å². The fourth-order valence-corrected chi connectivity index (χ4v) is 5.46. The minimum absolute atomic E-state index is 0.00288. The Bertz CT molecular complexity index is 2720. The molecule has 1 heterocycles. The normalized spacial score (nSPS) is 15.2. The van der Waals surface area contributed by atoms with Crippen molar-refractivity contribution in [1.29, 1.82) is 0 Å². The molecule has 0 radical (unpaired) electrons. The third-order valence-electron chi connectivity index (χ3n) is 7.14. The van der Waals surface area contributed by atoms with E-state index in [0.29, 0.717) is 33.2 Å². The van der Waals surface area contributed by atoms with Crippen molar-refractivity contribution in [3.8, 4) is 33.4 Å². The monoisotopic (exact) mass is 506 g/mol. The molecule has 39 heavy (non-hydrogen) atoms. The van der Waals surface area contributed by atoms with Gasteiger partial charge in [0.25, 0.3) is 0 Å². The van der Waals surface area contributed by atoms with Crippen molar-refractivity contribution in [2.45, 2.75) is 0 Å². The summed E-state index contributed by atoms with van der Waals surface area (Å²) < 4.78 is 95.8. The molecule has 182 valence electrons. The smallest absolute Gasteiger partial charge is 0.143 e. The van der Waals surface area contributed by atoms with E-state index in [1.807, 2.05) is 36.4 Å². The van der Waals surface area contributed by atoms with Gasteiger partial charge in [-0.3, -0.25) is 0 Å². The number of para-hydroxylation sites is 2. The highest BCUT2D eigenvalue weighted by Crippen LogP contribution is 2.46. The van der Waals surface area contributed by atoms with Gasteiger partial charge in [-0.15, -0.1) is 0 Å². The fourth-order valence-electron chi connectivity index (χ4n) is 5.46. The zero-order valence-corrected chi connectivity index (χ0v) is 20.5. The van der Waals surface area contributed by atoms with E-state index in [9.17, 15) is 4.11 Å². The summed E-state index contributed by atoms with van der Waals surface area (Å²) >= 11 is 0. The molecule has 1 aromatic heterocycles. The number of fused-ring (bicyclic) bond motifs is 5. The number of furan rings is 1. The average Bonchev–Trinajstić information content (AvgIpc) is 3.49. The zero-order valence-electron chi connectivity index (χ0n) is 30.5. The van der Waals surface area contributed by atoms with Gasteiger partial charge in [-0.2, -0.15) is 0 Å². The molecule has 1 heteroatoms. The van der Waals surface area contributed by atoms with Gasteiger partial charge in [0.2, 0.25) is 0 Å². The molecule has 0 aliphatic rings. The van der Waals surface area contributed by atoms with E-state index < -0.39 is 30.2 Å². The van der Waals surface area contributed by atoms with Gasteiger partial charge in [0, 0.05) is 21.9 Å². The van der Waals surface area contributed by atoms with Crippen LogP contribution in [0.3, 0.4) is 0 Å². The number of hydrogen-bond donors (Lipinski definition) is 0. The largest absolute Gasteiger partial charge is 0.455 e. The minimum atomic E-state index is -0.529.